The predicted octanol–water partition coefficient (Wildman–Crippen LogP) is 2.34. The smallest absolute Gasteiger partial charge is 0.293 e. The Kier molecular flexibility index (Phi) is 4.85. The molecule has 1 aliphatic rings. The maximum Gasteiger partial charge on any atom is 0.293 e. The number of nitrogens with zero attached hydrogens (tertiary/aromatic N) is 4. The third-order valence-corrected chi connectivity index (χ3v) is 4.65. The number of carbonyl (C=O) groups excluding carboxylic acids is 1. The number of benzene rings is 1. The van der Waals surface area contributed by atoms with Crippen molar-refractivity contribution in [1.82, 2.24) is 19.7 Å². The van der Waals surface area contributed by atoms with E-state index in [9.17, 15) is 9.18 Å². The van der Waals surface area contributed by atoms with Crippen LogP contribution >= 0.6 is 0 Å². The number of hydrogen-bond donors (Lipinski definition) is 1. The third kappa shape index (κ3) is 3.42. The summed E-state index contributed by atoms with van der Waals surface area (Å²) in [7, 11) is 0. The molecule has 0 saturated carbocycles. The first-order chi connectivity index (χ1) is 11.9. The molecule has 2 heterocycles. The minimum absolute atomic E-state index is 0.0464. The molecule has 1 amide bonds. The lowest BCUT2D eigenvalue weighted by molar-refractivity contribution is 0.0731. The number of carbonyl (C=O) groups is 1. The Morgan fingerprint density at radius 2 is 2.20 bits per heavy atom. The second-order valence-corrected chi connectivity index (χ2v) is 6.98. The summed E-state index contributed by atoms with van der Waals surface area (Å²) in [6.45, 7) is 7.15. The van der Waals surface area contributed by atoms with E-state index in [2.05, 4.69) is 10.1 Å². The summed E-state index contributed by atoms with van der Waals surface area (Å²) in [6.07, 6.45) is 0.893. The second-order valence-electron chi connectivity index (χ2n) is 6.98. The highest BCUT2D eigenvalue weighted by molar-refractivity contribution is 5.91. The number of likely N-dealkylation sites (tertiary alicyclic amines) is 1. The summed E-state index contributed by atoms with van der Waals surface area (Å²) < 4.78 is 15.1. The zero-order chi connectivity index (χ0) is 18.1. The molecule has 7 heteroatoms. The molecule has 0 bridgehead atoms. The summed E-state index contributed by atoms with van der Waals surface area (Å²) in [5, 5.41) is 4.39. The van der Waals surface area contributed by atoms with Gasteiger partial charge in [0.2, 0.25) is 5.82 Å². The molecule has 1 aromatic heterocycles. The fourth-order valence-corrected chi connectivity index (χ4v) is 3.31. The van der Waals surface area contributed by atoms with E-state index in [1.165, 1.54) is 12.1 Å². The quantitative estimate of drug-likeness (QED) is 0.923. The average molecular weight is 345 g/mol. The first-order valence-electron chi connectivity index (χ1n) is 8.64. The molecule has 2 unspecified atom stereocenters. The van der Waals surface area contributed by atoms with Crippen LogP contribution in [0, 0.1) is 11.7 Å². The average Bonchev–Trinajstić information content (AvgIpc) is 3.18. The Bertz CT molecular complexity index is 773. The van der Waals surface area contributed by atoms with Crippen LogP contribution in [0.25, 0.3) is 5.69 Å². The van der Waals surface area contributed by atoms with Gasteiger partial charge in [0.25, 0.3) is 5.91 Å². The van der Waals surface area contributed by atoms with Crippen molar-refractivity contribution in [3.8, 4) is 5.69 Å². The van der Waals surface area contributed by atoms with Crippen LogP contribution in [0.5, 0.6) is 0 Å². The number of amides is 1. The molecule has 2 atom stereocenters. The van der Waals surface area contributed by atoms with Crippen LogP contribution in [0.15, 0.2) is 24.3 Å². The monoisotopic (exact) mass is 345 g/mol. The van der Waals surface area contributed by atoms with Crippen LogP contribution in [0.4, 0.5) is 4.39 Å². The molecule has 1 fully saturated rings. The van der Waals surface area contributed by atoms with Crippen molar-refractivity contribution < 1.29 is 9.18 Å². The van der Waals surface area contributed by atoms with E-state index in [4.69, 9.17) is 5.73 Å². The lowest BCUT2D eigenvalue weighted by atomic mass is 10.1. The van der Waals surface area contributed by atoms with Gasteiger partial charge in [0, 0.05) is 18.5 Å². The first kappa shape index (κ1) is 17.5. The van der Waals surface area contributed by atoms with E-state index >= 15 is 0 Å². The summed E-state index contributed by atoms with van der Waals surface area (Å²) >= 11 is 0. The van der Waals surface area contributed by atoms with Crippen molar-refractivity contribution in [2.75, 3.05) is 13.1 Å². The highest BCUT2D eigenvalue weighted by atomic mass is 19.1. The standard InChI is InChI=1S/C18H24FN5O/c1-11(2)17-21-16(18(25)23-10-13(9-20)7-12(23)3)22-24(17)15-6-4-5-14(19)8-15/h4-6,8,11-13H,7,9-10,20H2,1-3H3. The minimum atomic E-state index is -0.352. The zero-order valence-electron chi connectivity index (χ0n) is 14.8. The summed E-state index contributed by atoms with van der Waals surface area (Å²) in [5.74, 6) is 0.600. The molecule has 25 heavy (non-hydrogen) atoms. The van der Waals surface area contributed by atoms with E-state index in [1.807, 2.05) is 20.8 Å². The molecule has 0 spiro atoms. The van der Waals surface area contributed by atoms with Crippen LogP contribution in [0.2, 0.25) is 0 Å². The summed E-state index contributed by atoms with van der Waals surface area (Å²) in [6, 6.07) is 6.25. The molecule has 1 aromatic carbocycles. The van der Waals surface area contributed by atoms with Gasteiger partial charge in [-0.15, -0.1) is 5.10 Å². The largest absolute Gasteiger partial charge is 0.333 e. The number of hydrogen-bond acceptors (Lipinski definition) is 4. The number of aromatic nitrogens is 3. The van der Waals surface area contributed by atoms with Crippen molar-refractivity contribution in [2.24, 2.45) is 11.7 Å². The third-order valence-electron chi connectivity index (χ3n) is 4.65. The van der Waals surface area contributed by atoms with Gasteiger partial charge in [-0.1, -0.05) is 19.9 Å². The molecular weight excluding hydrogens is 321 g/mol. The van der Waals surface area contributed by atoms with Gasteiger partial charge in [0.05, 0.1) is 5.69 Å². The molecule has 2 N–H and O–H groups in total. The van der Waals surface area contributed by atoms with Gasteiger partial charge >= 0.3 is 0 Å². The maximum atomic E-state index is 13.6. The van der Waals surface area contributed by atoms with Crippen LogP contribution in [-0.2, 0) is 0 Å². The van der Waals surface area contributed by atoms with Gasteiger partial charge < -0.3 is 10.6 Å². The van der Waals surface area contributed by atoms with E-state index in [0.717, 1.165) is 6.42 Å². The summed E-state index contributed by atoms with van der Waals surface area (Å²) in [5.41, 5.74) is 6.31. The van der Waals surface area contributed by atoms with Gasteiger partial charge in [0.15, 0.2) is 0 Å². The van der Waals surface area contributed by atoms with Crippen LogP contribution in [0.3, 0.4) is 0 Å². The van der Waals surface area contributed by atoms with Crippen molar-refractivity contribution >= 4 is 5.91 Å². The number of halogens is 1. The van der Waals surface area contributed by atoms with E-state index in [1.54, 1.807) is 21.7 Å². The maximum absolute atomic E-state index is 13.6. The van der Waals surface area contributed by atoms with Gasteiger partial charge in [0.1, 0.15) is 11.6 Å². The Morgan fingerprint density at radius 1 is 1.44 bits per heavy atom. The molecule has 134 valence electrons. The van der Waals surface area contributed by atoms with E-state index in [0.29, 0.717) is 30.5 Å². The van der Waals surface area contributed by atoms with Crippen LogP contribution in [0.1, 0.15) is 49.6 Å². The van der Waals surface area contributed by atoms with Crippen molar-refractivity contribution in [1.29, 1.82) is 0 Å². The lowest BCUT2D eigenvalue weighted by Gasteiger charge is -2.19. The first-order valence-corrected chi connectivity index (χ1v) is 8.64. The molecule has 0 aliphatic carbocycles. The molecule has 3 rings (SSSR count). The fourth-order valence-electron chi connectivity index (χ4n) is 3.31. The molecule has 2 aromatic rings. The SMILES string of the molecule is CC(C)c1nc(C(=O)N2CC(CN)CC2C)nn1-c1cccc(F)c1. The zero-order valence-corrected chi connectivity index (χ0v) is 14.8. The molecular formula is C18H24FN5O. The molecule has 1 saturated heterocycles. The Hall–Kier alpha value is -2.28. The highest BCUT2D eigenvalue weighted by Crippen LogP contribution is 2.25. The molecule has 0 radical (unpaired) electrons. The Labute approximate surface area is 146 Å². The van der Waals surface area contributed by atoms with Crippen molar-refractivity contribution in [3.05, 3.63) is 41.7 Å². The van der Waals surface area contributed by atoms with Crippen molar-refractivity contribution in [3.63, 3.8) is 0 Å². The van der Waals surface area contributed by atoms with Gasteiger partial charge in [-0.25, -0.2) is 14.1 Å². The van der Waals surface area contributed by atoms with Crippen LogP contribution < -0.4 is 5.73 Å². The lowest BCUT2D eigenvalue weighted by Crippen LogP contribution is -2.35. The predicted molar refractivity (Wildman–Crippen MR) is 93.1 cm³/mol. The Balaban J connectivity index is 1.95. The van der Waals surface area contributed by atoms with Crippen molar-refractivity contribution in [2.45, 2.75) is 39.2 Å². The summed E-state index contributed by atoms with van der Waals surface area (Å²) in [4.78, 5) is 19.1. The number of nitrogens with two attached hydrogens (primary N) is 1. The van der Waals surface area contributed by atoms with Gasteiger partial charge in [-0.05, 0) is 44.0 Å². The molecule has 6 nitrogen and oxygen atoms in total. The Morgan fingerprint density at radius 3 is 2.80 bits per heavy atom. The van der Waals surface area contributed by atoms with Gasteiger partial charge in [-0.3, -0.25) is 4.79 Å². The molecule has 1 aliphatic heterocycles. The van der Waals surface area contributed by atoms with E-state index in [-0.39, 0.29) is 29.5 Å². The van der Waals surface area contributed by atoms with E-state index < -0.39 is 0 Å². The highest BCUT2D eigenvalue weighted by Gasteiger charge is 2.34. The second kappa shape index (κ2) is 6.92. The minimum Gasteiger partial charge on any atom is -0.333 e. The van der Waals surface area contributed by atoms with Gasteiger partial charge in [-0.2, -0.15) is 0 Å². The topological polar surface area (TPSA) is 77.0 Å². The normalized spacial score (nSPS) is 20.5. The number of rotatable bonds is 4. The fraction of sp³-hybridized carbons (Fsp3) is 0.500. The van der Waals surface area contributed by atoms with Crippen LogP contribution in [-0.4, -0.2) is 44.7 Å².